The van der Waals surface area contributed by atoms with E-state index >= 15 is 0 Å². The highest BCUT2D eigenvalue weighted by atomic mass is 16.5. The van der Waals surface area contributed by atoms with Gasteiger partial charge in [-0.25, -0.2) is 9.59 Å². The van der Waals surface area contributed by atoms with Gasteiger partial charge in [-0.1, -0.05) is 69.3 Å². The largest absolute Gasteiger partial charge is 0.479 e. The summed E-state index contributed by atoms with van der Waals surface area (Å²) in [6.45, 7) is 6.55. The maximum Gasteiger partial charge on any atom is 0.407 e. The second-order valence-electron chi connectivity index (χ2n) is 9.83. The predicted molar refractivity (Wildman–Crippen MR) is 128 cm³/mol. The summed E-state index contributed by atoms with van der Waals surface area (Å²) in [6, 6.07) is 15.0. The third-order valence-corrected chi connectivity index (χ3v) is 6.04. The van der Waals surface area contributed by atoms with Crippen molar-refractivity contribution in [3.63, 3.8) is 0 Å². The highest BCUT2D eigenvalue weighted by Gasteiger charge is 2.41. The summed E-state index contributed by atoms with van der Waals surface area (Å²) >= 11 is 0. The number of hydrogen-bond acceptors (Lipinski definition) is 5. The fourth-order valence-corrected chi connectivity index (χ4v) is 4.22. The van der Waals surface area contributed by atoms with Crippen LogP contribution in [-0.2, 0) is 19.1 Å². The molecular weight excluding hydrogens is 436 g/mol. The maximum atomic E-state index is 13.0. The topological polar surface area (TPSA) is 114 Å². The molecule has 8 heteroatoms. The van der Waals surface area contributed by atoms with Crippen LogP contribution in [0.15, 0.2) is 48.5 Å². The van der Waals surface area contributed by atoms with Crippen LogP contribution >= 0.6 is 0 Å². The van der Waals surface area contributed by atoms with Crippen molar-refractivity contribution < 1.29 is 29.0 Å². The molecule has 2 unspecified atom stereocenters. The number of alkyl carbamates (subject to hydrolysis) is 1. The molecule has 2 aromatic rings. The first-order valence-electron chi connectivity index (χ1n) is 11.1. The van der Waals surface area contributed by atoms with Gasteiger partial charge in [-0.05, 0) is 34.6 Å². The Bertz CT molecular complexity index is 1030. The zero-order valence-electron chi connectivity index (χ0n) is 20.2. The predicted octanol–water partition coefficient (Wildman–Crippen LogP) is 3.55. The molecular formula is C26H32N2O6. The Morgan fingerprint density at radius 3 is 1.97 bits per heavy atom. The lowest BCUT2D eigenvalue weighted by Crippen LogP contribution is -2.62. The molecule has 2 amide bonds. The lowest BCUT2D eigenvalue weighted by Gasteiger charge is -2.33. The first-order chi connectivity index (χ1) is 16.0. The van der Waals surface area contributed by atoms with Gasteiger partial charge in [0.15, 0.2) is 5.54 Å². The minimum atomic E-state index is -1.64. The van der Waals surface area contributed by atoms with E-state index in [1.807, 2.05) is 48.5 Å². The van der Waals surface area contributed by atoms with Crippen LogP contribution in [0.25, 0.3) is 11.1 Å². The van der Waals surface area contributed by atoms with Crippen molar-refractivity contribution in [2.45, 2.75) is 45.2 Å². The zero-order chi connectivity index (χ0) is 25.1. The Kier molecular flexibility index (Phi) is 7.31. The summed E-state index contributed by atoms with van der Waals surface area (Å²) < 4.78 is 10.5. The number of carboxylic acid groups (broad SMARTS) is 1. The maximum absolute atomic E-state index is 13.0. The van der Waals surface area contributed by atoms with Crippen LogP contribution in [0.1, 0.15) is 44.7 Å². The van der Waals surface area contributed by atoms with Crippen LogP contribution in [0.5, 0.6) is 0 Å². The first-order valence-corrected chi connectivity index (χ1v) is 11.1. The molecule has 1 aliphatic carbocycles. The van der Waals surface area contributed by atoms with Gasteiger partial charge in [-0.3, -0.25) is 4.79 Å². The van der Waals surface area contributed by atoms with Crippen molar-refractivity contribution in [2.75, 3.05) is 20.3 Å². The fourth-order valence-electron chi connectivity index (χ4n) is 4.22. The summed E-state index contributed by atoms with van der Waals surface area (Å²) in [5.41, 5.74) is 2.05. The molecule has 0 heterocycles. The number of amides is 2. The second kappa shape index (κ2) is 9.85. The van der Waals surface area contributed by atoms with Crippen molar-refractivity contribution >= 4 is 18.0 Å². The summed E-state index contributed by atoms with van der Waals surface area (Å²) in [5, 5.41) is 14.7. The van der Waals surface area contributed by atoms with Crippen molar-refractivity contribution in [1.82, 2.24) is 10.6 Å². The minimum absolute atomic E-state index is 0.106. The van der Waals surface area contributed by atoms with Gasteiger partial charge in [0.1, 0.15) is 12.6 Å². The Morgan fingerprint density at radius 1 is 0.971 bits per heavy atom. The van der Waals surface area contributed by atoms with Crippen LogP contribution in [0.2, 0.25) is 0 Å². The Labute approximate surface area is 199 Å². The average Bonchev–Trinajstić information content (AvgIpc) is 3.09. The standard InChI is InChI=1S/C26H32N2O6/c1-25(2,3)21(22(29)28-26(4,15-33-5)23(30)31)27-24(32)34-14-20-18-12-8-6-10-16(18)17-11-7-9-13-19(17)20/h6-13,20-21H,14-15H2,1-5H3,(H,27,32)(H,28,29)(H,30,31). The smallest absolute Gasteiger partial charge is 0.407 e. The fraction of sp³-hybridized carbons (Fsp3) is 0.423. The molecule has 0 spiro atoms. The summed E-state index contributed by atoms with van der Waals surface area (Å²) in [5.74, 6) is -1.99. The molecule has 1 aliphatic rings. The lowest BCUT2D eigenvalue weighted by molar-refractivity contribution is -0.150. The molecule has 0 saturated heterocycles. The van der Waals surface area contributed by atoms with E-state index in [2.05, 4.69) is 10.6 Å². The number of carbonyl (C=O) groups excluding carboxylic acids is 2. The van der Waals surface area contributed by atoms with E-state index in [-0.39, 0.29) is 19.1 Å². The van der Waals surface area contributed by atoms with E-state index in [9.17, 15) is 19.5 Å². The van der Waals surface area contributed by atoms with E-state index in [0.717, 1.165) is 22.3 Å². The number of fused-ring (bicyclic) bond motifs is 3. The first kappa shape index (κ1) is 25.2. The number of carboxylic acids is 1. The summed E-state index contributed by atoms with van der Waals surface area (Å²) in [4.78, 5) is 37.4. The van der Waals surface area contributed by atoms with Crippen LogP contribution in [0, 0.1) is 5.41 Å². The van der Waals surface area contributed by atoms with E-state index < -0.39 is 35.0 Å². The van der Waals surface area contributed by atoms with Crippen molar-refractivity contribution in [3.8, 4) is 11.1 Å². The van der Waals surface area contributed by atoms with Gasteiger partial charge < -0.3 is 25.2 Å². The van der Waals surface area contributed by atoms with Crippen LogP contribution in [-0.4, -0.2) is 55.0 Å². The Balaban J connectivity index is 1.72. The monoisotopic (exact) mass is 468 g/mol. The number of carbonyl (C=O) groups is 3. The van der Waals surface area contributed by atoms with Gasteiger partial charge in [0, 0.05) is 13.0 Å². The number of hydrogen-bond donors (Lipinski definition) is 3. The molecule has 3 rings (SSSR count). The normalized spacial score (nSPS) is 15.4. The number of methoxy groups -OCH3 is 1. The number of rotatable bonds is 8. The molecule has 0 aromatic heterocycles. The zero-order valence-corrected chi connectivity index (χ0v) is 20.2. The molecule has 3 N–H and O–H groups in total. The molecule has 2 aromatic carbocycles. The van der Waals surface area contributed by atoms with Crippen LogP contribution in [0.4, 0.5) is 4.79 Å². The number of nitrogens with one attached hydrogen (secondary N) is 2. The third kappa shape index (κ3) is 5.22. The van der Waals surface area contributed by atoms with Crippen molar-refractivity contribution in [3.05, 3.63) is 59.7 Å². The molecule has 0 bridgehead atoms. The average molecular weight is 469 g/mol. The number of ether oxygens (including phenoxy) is 2. The number of benzene rings is 2. The highest BCUT2D eigenvalue weighted by Crippen LogP contribution is 2.44. The molecule has 8 nitrogen and oxygen atoms in total. The molecule has 0 fully saturated rings. The van der Waals surface area contributed by atoms with E-state index in [1.165, 1.54) is 14.0 Å². The summed E-state index contributed by atoms with van der Waals surface area (Å²) in [7, 11) is 1.35. The van der Waals surface area contributed by atoms with Crippen LogP contribution in [0.3, 0.4) is 0 Å². The quantitative estimate of drug-likeness (QED) is 0.546. The Morgan fingerprint density at radius 2 is 1.50 bits per heavy atom. The molecule has 34 heavy (non-hydrogen) atoms. The molecule has 0 radical (unpaired) electrons. The van der Waals surface area contributed by atoms with Crippen molar-refractivity contribution in [2.24, 2.45) is 5.41 Å². The van der Waals surface area contributed by atoms with E-state index in [4.69, 9.17) is 9.47 Å². The van der Waals surface area contributed by atoms with E-state index in [0.29, 0.717) is 0 Å². The minimum Gasteiger partial charge on any atom is -0.479 e. The Hall–Kier alpha value is -3.39. The SMILES string of the molecule is COCC(C)(NC(=O)C(NC(=O)OCC1c2ccccc2-c2ccccc21)C(C)(C)C)C(=O)O. The van der Waals surface area contributed by atoms with Gasteiger partial charge in [-0.15, -0.1) is 0 Å². The van der Waals surface area contributed by atoms with Gasteiger partial charge in [0.2, 0.25) is 5.91 Å². The van der Waals surface area contributed by atoms with Gasteiger partial charge >= 0.3 is 12.1 Å². The van der Waals surface area contributed by atoms with E-state index in [1.54, 1.807) is 20.8 Å². The van der Waals surface area contributed by atoms with Gasteiger partial charge in [-0.2, -0.15) is 0 Å². The molecule has 0 aliphatic heterocycles. The lowest BCUT2D eigenvalue weighted by atomic mass is 9.85. The van der Waals surface area contributed by atoms with Crippen LogP contribution < -0.4 is 10.6 Å². The van der Waals surface area contributed by atoms with Crippen molar-refractivity contribution in [1.29, 1.82) is 0 Å². The molecule has 2 atom stereocenters. The van der Waals surface area contributed by atoms with Gasteiger partial charge in [0.25, 0.3) is 0 Å². The number of aliphatic carboxylic acids is 1. The van der Waals surface area contributed by atoms with Gasteiger partial charge in [0.05, 0.1) is 6.61 Å². The molecule has 0 saturated carbocycles. The third-order valence-electron chi connectivity index (χ3n) is 6.04. The molecule has 182 valence electrons. The highest BCUT2D eigenvalue weighted by molar-refractivity contribution is 5.91. The second-order valence-corrected chi connectivity index (χ2v) is 9.83. The summed E-state index contributed by atoms with van der Waals surface area (Å²) in [6.07, 6.45) is -0.749.